The van der Waals surface area contributed by atoms with Crippen molar-refractivity contribution in [2.75, 3.05) is 6.61 Å². The van der Waals surface area contributed by atoms with Crippen LogP contribution in [0.3, 0.4) is 0 Å². The molecule has 0 atom stereocenters. The Morgan fingerprint density at radius 3 is 2.26 bits per heavy atom. The minimum Gasteiger partial charge on any atom is -0.477 e. The Hall–Kier alpha value is -3.96. The molecule has 148 valence electrons. The van der Waals surface area contributed by atoms with Crippen molar-refractivity contribution in [1.82, 2.24) is 0 Å². The minimum atomic E-state index is -0.693. The van der Waals surface area contributed by atoms with E-state index in [1.54, 1.807) is 0 Å². The number of fused-ring (bicyclic) bond motifs is 8. The predicted octanol–water partition coefficient (Wildman–Crippen LogP) is 6.57. The van der Waals surface area contributed by atoms with E-state index in [0.29, 0.717) is 5.75 Å². The zero-order valence-electron chi connectivity index (χ0n) is 17.2. The first-order valence-corrected chi connectivity index (χ1v) is 10.4. The molecule has 0 radical (unpaired) electrons. The number of hydrogen-bond acceptors (Lipinski definition) is 2. The summed E-state index contributed by atoms with van der Waals surface area (Å²) in [6.45, 7) is 2.35. The molecule has 31 heavy (non-hydrogen) atoms. The summed E-state index contributed by atoms with van der Waals surface area (Å²) < 4.78 is 13.0. The Labute approximate surface area is 181 Å². The molecule has 2 heteroatoms. The maximum Gasteiger partial charge on any atom is 0.179 e. The molecule has 1 aliphatic carbocycles. The number of terminal acetylenes is 1. The second kappa shape index (κ2) is 6.52. The molecule has 0 saturated heterocycles. The van der Waals surface area contributed by atoms with Crippen molar-refractivity contribution in [3.8, 4) is 35.0 Å². The normalized spacial score (nSPS) is 14.8. The summed E-state index contributed by atoms with van der Waals surface area (Å²) in [6, 6.07) is 27.3. The molecule has 0 bridgehead atoms. The van der Waals surface area contributed by atoms with Crippen LogP contribution in [0.5, 0.6) is 11.5 Å². The van der Waals surface area contributed by atoms with Gasteiger partial charge in [-0.25, -0.2) is 0 Å². The third kappa shape index (κ3) is 2.41. The van der Waals surface area contributed by atoms with Crippen molar-refractivity contribution < 1.29 is 9.47 Å². The quantitative estimate of drug-likeness (QED) is 0.354. The van der Waals surface area contributed by atoms with Crippen LogP contribution >= 0.6 is 0 Å². The van der Waals surface area contributed by atoms with Crippen LogP contribution in [0, 0.1) is 12.3 Å². The SMILES string of the molecule is C#CCOc1cc2ccccc2c2c1OC1(C=C2C)c2ccccc2-c2ccccc21. The maximum atomic E-state index is 6.97. The number of hydrogen-bond donors (Lipinski definition) is 0. The number of rotatable bonds is 2. The fourth-order valence-electron chi connectivity index (χ4n) is 5.08. The standard InChI is InChI=1S/C29H20O2/c1-3-16-30-26-17-20-10-4-5-11-21(20)27-19(2)18-29(31-28(26)27)24-14-8-6-12-22(24)23-13-7-9-15-25(23)29/h1,4-15,17-18H,16H2,2H3. The van der Waals surface area contributed by atoms with E-state index in [2.05, 4.69) is 85.7 Å². The zero-order valence-corrected chi connectivity index (χ0v) is 17.2. The molecule has 0 unspecified atom stereocenters. The fraction of sp³-hybridized carbons (Fsp3) is 0.103. The molecule has 2 aliphatic rings. The summed E-state index contributed by atoms with van der Waals surface area (Å²) in [5, 5.41) is 2.25. The Kier molecular flexibility index (Phi) is 3.76. The van der Waals surface area contributed by atoms with Gasteiger partial charge in [0.2, 0.25) is 0 Å². The van der Waals surface area contributed by atoms with Gasteiger partial charge in [-0.2, -0.15) is 0 Å². The molecule has 1 heterocycles. The van der Waals surface area contributed by atoms with Crippen LogP contribution in [0.2, 0.25) is 0 Å². The van der Waals surface area contributed by atoms with Gasteiger partial charge in [-0.1, -0.05) is 78.7 Å². The monoisotopic (exact) mass is 400 g/mol. The van der Waals surface area contributed by atoms with Crippen molar-refractivity contribution in [2.45, 2.75) is 12.5 Å². The molecule has 0 amide bonds. The number of allylic oxidation sites excluding steroid dienone is 1. The maximum absolute atomic E-state index is 6.97. The molecule has 4 aromatic carbocycles. The van der Waals surface area contributed by atoms with E-state index in [4.69, 9.17) is 15.9 Å². The molecule has 0 fully saturated rings. The van der Waals surface area contributed by atoms with Crippen molar-refractivity contribution in [3.05, 3.63) is 102 Å². The van der Waals surface area contributed by atoms with Gasteiger partial charge in [0, 0.05) is 16.7 Å². The molecule has 1 aliphatic heterocycles. The van der Waals surface area contributed by atoms with Gasteiger partial charge in [0.25, 0.3) is 0 Å². The van der Waals surface area contributed by atoms with Gasteiger partial charge in [0.05, 0.1) is 0 Å². The number of benzene rings is 4. The average molecular weight is 400 g/mol. The van der Waals surface area contributed by atoms with Gasteiger partial charge in [-0.3, -0.25) is 0 Å². The van der Waals surface area contributed by atoms with Crippen molar-refractivity contribution in [3.63, 3.8) is 0 Å². The second-order valence-electron chi connectivity index (χ2n) is 8.05. The van der Waals surface area contributed by atoms with Crippen molar-refractivity contribution in [2.24, 2.45) is 0 Å². The fourth-order valence-corrected chi connectivity index (χ4v) is 5.08. The summed E-state index contributed by atoms with van der Waals surface area (Å²) in [4.78, 5) is 0. The van der Waals surface area contributed by atoms with E-state index in [-0.39, 0.29) is 6.61 Å². The Bertz CT molecular complexity index is 1390. The molecule has 0 N–H and O–H groups in total. The lowest BCUT2D eigenvalue weighted by Gasteiger charge is -2.36. The molecule has 6 rings (SSSR count). The average Bonchev–Trinajstić information content (AvgIpc) is 3.07. The molecule has 0 aromatic heterocycles. The van der Waals surface area contributed by atoms with E-state index in [0.717, 1.165) is 38.8 Å². The molecule has 0 saturated carbocycles. The summed E-state index contributed by atoms with van der Waals surface area (Å²) in [5.74, 6) is 4.01. The Balaban J connectivity index is 1.67. The van der Waals surface area contributed by atoms with Gasteiger partial charge in [-0.15, -0.1) is 6.42 Å². The molecular weight excluding hydrogens is 380 g/mol. The Morgan fingerprint density at radius 2 is 1.55 bits per heavy atom. The van der Waals surface area contributed by atoms with Crippen LogP contribution in [-0.4, -0.2) is 6.61 Å². The topological polar surface area (TPSA) is 18.5 Å². The minimum absolute atomic E-state index is 0.192. The molecule has 2 nitrogen and oxygen atoms in total. The lowest BCUT2D eigenvalue weighted by atomic mass is 9.84. The van der Waals surface area contributed by atoms with Crippen molar-refractivity contribution in [1.29, 1.82) is 0 Å². The summed E-state index contributed by atoms with van der Waals surface area (Å²) in [7, 11) is 0. The van der Waals surface area contributed by atoms with E-state index in [1.165, 1.54) is 11.1 Å². The highest BCUT2D eigenvalue weighted by Gasteiger charge is 2.47. The lowest BCUT2D eigenvalue weighted by molar-refractivity contribution is 0.157. The van der Waals surface area contributed by atoms with E-state index >= 15 is 0 Å². The van der Waals surface area contributed by atoms with Gasteiger partial charge < -0.3 is 9.47 Å². The van der Waals surface area contributed by atoms with E-state index in [1.807, 2.05) is 12.1 Å². The zero-order chi connectivity index (χ0) is 21.0. The first kappa shape index (κ1) is 17.9. The molecule has 1 spiro atoms. The summed E-state index contributed by atoms with van der Waals surface area (Å²) >= 11 is 0. The van der Waals surface area contributed by atoms with Gasteiger partial charge >= 0.3 is 0 Å². The summed E-state index contributed by atoms with van der Waals surface area (Å²) in [5.41, 5.74) is 6.25. The summed E-state index contributed by atoms with van der Waals surface area (Å²) in [6.07, 6.45) is 7.77. The van der Waals surface area contributed by atoms with Crippen LogP contribution in [0.1, 0.15) is 23.6 Å². The van der Waals surface area contributed by atoms with Gasteiger partial charge in [-0.05, 0) is 46.5 Å². The first-order chi connectivity index (χ1) is 15.2. The first-order valence-electron chi connectivity index (χ1n) is 10.4. The third-order valence-corrected chi connectivity index (χ3v) is 6.30. The predicted molar refractivity (Wildman–Crippen MR) is 125 cm³/mol. The van der Waals surface area contributed by atoms with Crippen LogP contribution in [0.4, 0.5) is 0 Å². The van der Waals surface area contributed by atoms with Gasteiger partial charge in [0.15, 0.2) is 17.1 Å². The van der Waals surface area contributed by atoms with Crippen LogP contribution in [-0.2, 0) is 5.60 Å². The van der Waals surface area contributed by atoms with Gasteiger partial charge in [0.1, 0.15) is 6.61 Å². The highest BCUT2D eigenvalue weighted by Crippen LogP contribution is 2.56. The highest BCUT2D eigenvalue weighted by atomic mass is 16.5. The molecule has 4 aromatic rings. The van der Waals surface area contributed by atoms with Crippen molar-refractivity contribution >= 4 is 16.3 Å². The smallest absolute Gasteiger partial charge is 0.179 e. The largest absolute Gasteiger partial charge is 0.477 e. The highest BCUT2D eigenvalue weighted by molar-refractivity contribution is 6.00. The van der Waals surface area contributed by atoms with Crippen LogP contribution < -0.4 is 9.47 Å². The van der Waals surface area contributed by atoms with Crippen LogP contribution in [0.15, 0.2) is 84.9 Å². The Morgan fingerprint density at radius 1 is 0.903 bits per heavy atom. The third-order valence-electron chi connectivity index (χ3n) is 6.30. The number of ether oxygens (including phenoxy) is 2. The molecular formula is C29H20O2. The van der Waals surface area contributed by atoms with Crippen LogP contribution in [0.25, 0.3) is 27.5 Å². The second-order valence-corrected chi connectivity index (χ2v) is 8.05. The van der Waals surface area contributed by atoms with E-state index in [9.17, 15) is 0 Å². The van der Waals surface area contributed by atoms with E-state index < -0.39 is 5.60 Å². The lowest BCUT2D eigenvalue weighted by Crippen LogP contribution is -2.33.